The van der Waals surface area contributed by atoms with Gasteiger partial charge in [-0.3, -0.25) is 0 Å². The number of nitrogens with zero attached hydrogens (tertiary/aromatic N) is 1. The third kappa shape index (κ3) is 9.50. The van der Waals surface area contributed by atoms with E-state index >= 15 is 0 Å². The lowest BCUT2D eigenvalue weighted by molar-refractivity contribution is -0.932. The molecule has 0 aromatic carbocycles. The van der Waals surface area contributed by atoms with Crippen LogP contribution in [0.3, 0.4) is 0 Å². The molecule has 0 spiro atoms. The second-order valence-corrected chi connectivity index (χ2v) is 7.13. The van der Waals surface area contributed by atoms with Crippen LogP contribution in [0, 0.1) is 0 Å². The van der Waals surface area contributed by atoms with Crippen LogP contribution in [0.25, 0.3) is 0 Å². The van der Waals surface area contributed by atoms with Crippen molar-refractivity contribution in [2.24, 2.45) is 0 Å². The van der Waals surface area contributed by atoms with Gasteiger partial charge < -0.3 is 9.19 Å². The van der Waals surface area contributed by atoms with Gasteiger partial charge in [-0.05, 0) is 38.5 Å². The van der Waals surface area contributed by atoms with Crippen molar-refractivity contribution in [2.75, 3.05) is 26.2 Å². The molecule has 1 aliphatic heterocycles. The zero-order valence-electron chi connectivity index (χ0n) is 14.8. The van der Waals surface area contributed by atoms with E-state index in [1.54, 1.807) is 0 Å². The van der Waals surface area contributed by atoms with Crippen LogP contribution in [0.15, 0.2) is 0 Å². The van der Waals surface area contributed by atoms with Crippen molar-refractivity contribution in [2.45, 2.75) is 97.3 Å². The molecule has 1 aliphatic rings. The van der Waals surface area contributed by atoms with Gasteiger partial charge in [-0.15, -0.1) is 0 Å². The van der Waals surface area contributed by atoms with E-state index in [9.17, 15) is 0 Å². The molecule has 21 heavy (non-hydrogen) atoms. The Bertz CT molecular complexity index is 212. The quantitative estimate of drug-likeness (QED) is 0.384. The molecule has 0 radical (unpaired) electrons. The van der Waals surface area contributed by atoms with E-state index in [-0.39, 0.29) is 4.70 Å². The summed E-state index contributed by atoms with van der Waals surface area (Å²) in [5.74, 6) is 0. The highest BCUT2D eigenvalue weighted by Gasteiger charge is 2.28. The Kier molecular flexibility index (Phi) is 13.5. The molecular formula is C19H40FN. The predicted molar refractivity (Wildman–Crippen MR) is 91.1 cm³/mol. The highest BCUT2D eigenvalue weighted by molar-refractivity contribution is 4.56. The first kappa shape index (κ1) is 20.9. The second kappa shape index (κ2) is 13.5. The van der Waals surface area contributed by atoms with Crippen LogP contribution in [0.2, 0.25) is 0 Å². The minimum atomic E-state index is 0. The third-order valence-electron chi connectivity index (χ3n) is 5.24. The van der Waals surface area contributed by atoms with Crippen LogP contribution in [0.4, 0.5) is 0 Å². The van der Waals surface area contributed by atoms with Crippen LogP contribution in [-0.2, 0) is 0 Å². The fourth-order valence-corrected chi connectivity index (χ4v) is 3.82. The third-order valence-corrected chi connectivity index (χ3v) is 5.24. The first-order valence-electron chi connectivity index (χ1n) is 9.68. The molecule has 0 atom stereocenters. The number of unbranched alkanes of at least 4 members (excludes halogenated alkanes) is 8. The van der Waals surface area contributed by atoms with Crippen LogP contribution >= 0.6 is 0 Å². The molecule has 0 saturated carbocycles. The molecule has 0 aliphatic carbocycles. The maximum atomic E-state index is 2.34. The monoisotopic (exact) mass is 301 g/mol. The van der Waals surface area contributed by atoms with Gasteiger partial charge in [-0.25, -0.2) is 0 Å². The fourth-order valence-electron chi connectivity index (χ4n) is 3.82. The van der Waals surface area contributed by atoms with Gasteiger partial charge in [0.1, 0.15) is 0 Å². The molecule has 1 nitrogen and oxygen atoms in total. The standard InChI is InChI=1S/C19H40N.FH/c1-3-5-7-8-9-10-11-13-17-20(16-6-4-2)18-14-12-15-19-20;/h3-19H2,1-2H3;1H/q+1;/p-1. The molecule has 1 fully saturated rings. The SMILES string of the molecule is CCCCCCCCCC[N+]1(CCCC)CCCCC1.[F-]. The number of rotatable bonds is 12. The van der Waals surface area contributed by atoms with Crippen molar-refractivity contribution in [3.63, 3.8) is 0 Å². The molecule has 0 unspecified atom stereocenters. The zero-order valence-corrected chi connectivity index (χ0v) is 14.8. The molecule has 2 heteroatoms. The highest BCUT2D eigenvalue weighted by atomic mass is 19.0. The Morgan fingerprint density at radius 1 is 0.571 bits per heavy atom. The first-order chi connectivity index (χ1) is 9.83. The first-order valence-corrected chi connectivity index (χ1v) is 9.68. The van der Waals surface area contributed by atoms with E-state index in [1.807, 2.05) is 0 Å². The van der Waals surface area contributed by atoms with E-state index in [4.69, 9.17) is 0 Å². The highest BCUT2D eigenvalue weighted by Crippen LogP contribution is 2.22. The number of piperidine rings is 1. The molecule has 1 heterocycles. The van der Waals surface area contributed by atoms with E-state index in [0.29, 0.717) is 0 Å². The van der Waals surface area contributed by atoms with Gasteiger partial charge in [-0.1, -0.05) is 58.8 Å². The average Bonchev–Trinajstić information content (AvgIpc) is 2.49. The van der Waals surface area contributed by atoms with E-state index < -0.39 is 0 Å². The minimum absolute atomic E-state index is 0. The van der Waals surface area contributed by atoms with Crippen molar-refractivity contribution in [3.05, 3.63) is 0 Å². The average molecular weight is 302 g/mol. The zero-order chi connectivity index (χ0) is 14.5. The fraction of sp³-hybridized carbons (Fsp3) is 1.00. The molecule has 0 amide bonds. The second-order valence-electron chi connectivity index (χ2n) is 7.13. The number of likely N-dealkylation sites (tertiary alicyclic amines) is 1. The molecule has 1 rings (SSSR count). The summed E-state index contributed by atoms with van der Waals surface area (Å²) in [6.07, 6.45) is 19.0. The Labute approximate surface area is 133 Å². The molecule has 1 saturated heterocycles. The van der Waals surface area contributed by atoms with Crippen molar-refractivity contribution >= 4 is 0 Å². The normalized spacial score (nSPS) is 17.4. The van der Waals surface area contributed by atoms with Crippen LogP contribution in [0.5, 0.6) is 0 Å². The number of hydrogen-bond donors (Lipinski definition) is 0. The molecular weight excluding hydrogens is 261 g/mol. The van der Waals surface area contributed by atoms with Gasteiger partial charge in [0.25, 0.3) is 0 Å². The predicted octanol–water partition coefficient (Wildman–Crippen LogP) is 2.93. The van der Waals surface area contributed by atoms with E-state index in [2.05, 4.69) is 13.8 Å². The Morgan fingerprint density at radius 3 is 1.62 bits per heavy atom. The maximum Gasteiger partial charge on any atom is 0.0786 e. The smallest absolute Gasteiger partial charge is 0.0786 e. The van der Waals surface area contributed by atoms with Crippen molar-refractivity contribution in [3.8, 4) is 0 Å². The lowest BCUT2D eigenvalue weighted by Crippen LogP contribution is -3.00. The minimum Gasteiger partial charge on any atom is -1.00 e. The molecule has 0 N–H and O–H groups in total. The molecule has 128 valence electrons. The summed E-state index contributed by atoms with van der Waals surface area (Å²) in [6, 6.07) is 0. The lowest BCUT2D eigenvalue weighted by Gasteiger charge is -2.42. The Hall–Kier alpha value is -0.110. The van der Waals surface area contributed by atoms with Crippen molar-refractivity contribution in [1.29, 1.82) is 0 Å². The van der Waals surface area contributed by atoms with Gasteiger partial charge in [0.05, 0.1) is 26.2 Å². The van der Waals surface area contributed by atoms with E-state index in [1.165, 1.54) is 114 Å². The molecule has 0 bridgehead atoms. The van der Waals surface area contributed by atoms with Gasteiger partial charge in [-0.2, -0.15) is 0 Å². The summed E-state index contributed by atoms with van der Waals surface area (Å²) >= 11 is 0. The van der Waals surface area contributed by atoms with Crippen LogP contribution < -0.4 is 4.70 Å². The topological polar surface area (TPSA) is 0 Å². The van der Waals surface area contributed by atoms with Gasteiger partial charge >= 0.3 is 0 Å². The van der Waals surface area contributed by atoms with Gasteiger partial charge in [0.2, 0.25) is 0 Å². The molecule has 0 aromatic rings. The number of hydrogen-bond acceptors (Lipinski definition) is 0. The number of halogens is 1. The van der Waals surface area contributed by atoms with Crippen molar-refractivity contribution in [1.82, 2.24) is 0 Å². The van der Waals surface area contributed by atoms with Gasteiger partial charge in [0, 0.05) is 0 Å². The van der Waals surface area contributed by atoms with E-state index in [0.717, 1.165) is 0 Å². The van der Waals surface area contributed by atoms with Gasteiger partial charge in [0.15, 0.2) is 0 Å². The summed E-state index contributed by atoms with van der Waals surface area (Å²) < 4.78 is 1.48. The Balaban J connectivity index is 0.00000400. The Morgan fingerprint density at radius 2 is 1.05 bits per heavy atom. The lowest BCUT2D eigenvalue weighted by atomic mass is 10.0. The van der Waals surface area contributed by atoms with Crippen LogP contribution in [0.1, 0.15) is 97.3 Å². The molecule has 0 aromatic heterocycles. The summed E-state index contributed by atoms with van der Waals surface area (Å²) in [5.41, 5.74) is 0. The largest absolute Gasteiger partial charge is 1.00 e. The maximum absolute atomic E-state index is 2.34. The van der Waals surface area contributed by atoms with Crippen molar-refractivity contribution < 1.29 is 9.19 Å². The van der Waals surface area contributed by atoms with Crippen LogP contribution in [-0.4, -0.2) is 30.7 Å². The summed E-state index contributed by atoms with van der Waals surface area (Å²) in [7, 11) is 0. The summed E-state index contributed by atoms with van der Waals surface area (Å²) in [4.78, 5) is 0. The number of quaternary nitrogens is 1. The summed E-state index contributed by atoms with van der Waals surface area (Å²) in [5, 5.41) is 0. The summed E-state index contributed by atoms with van der Waals surface area (Å²) in [6.45, 7) is 10.6.